The zero-order valence-electron chi connectivity index (χ0n) is 31.0. The maximum Gasteiger partial charge on any atom is 0.0462 e. The molecular formula is C55H39N. The zero-order chi connectivity index (χ0) is 37.3. The van der Waals surface area contributed by atoms with Crippen molar-refractivity contribution in [2.75, 3.05) is 4.90 Å². The molecule has 264 valence electrons. The highest BCUT2D eigenvalue weighted by molar-refractivity contribution is 5.86. The molecule has 0 fully saturated rings. The summed E-state index contributed by atoms with van der Waals surface area (Å²) in [4.78, 5) is 2.35. The molecule has 0 aliphatic heterocycles. The first-order valence-electron chi connectivity index (χ1n) is 19.4. The fraction of sp³-hybridized carbons (Fsp3) is 0.0182. The van der Waals surface area contributed by atoms with Crippen molar-refractivity contribution < 1.29 is 0 Å². The summed E-state index contributed by atoms with van der Waals surface area (Å²) in [5.41, 5.74) is 19.7. The summed E-state index contributed by atoms with van der Waals surface area (Å²) >= 11 is 0. The van der Waals surface area contributed by atoms with Gasteiger partial charge in [-0.15, -0.1) is 0 Å². The van der Waals surface area contributed by atoms with Crippen LogP contribution < -0.4 is 4.90 Å². The second-order valence-corrected chi connectivity index (χ2v) is 14.5. The van der Waals surface area contributed by atoms with Crippen LogP contribution in [0.2, 0.25) is 0 Å². The van der Waals surface area contributed by atoms with E-state index in [-0.39, 0.29) is 5.92 Å². The average molecular weight is 714 g/mol. The van der Waals surface area contributed by atoms with E-state index >= 15 is 0 Å². The zero-order valence-corrected chi connectivity index (χ0v) is 31.0. The third-order valence-corrected chi connectivity index (χ3v) is 11.2. The molecule has 9 aromatic rings. The van der Waals surface area contributed by atoms with Crippen molar-refractivity contribution in [3.8, 4) is 55.6 Å². The Labute approximate surface area is 329 Å². The van der Waals surface area contributed by atoms with Gasteiger partial charge in [-0.2, -0.15) is 0 Å². The van der Waals surface area contributed by atoms with Crippen LogP contribution in [0.1, 0.15) is 22.6 Å². The van der Waals surface area contributed by atoms with E-state index < -0.39 is 0 Å². The highest BCUT2D eigenvalue weighted by Crippen LogP contribution is 2.49. The number of fused-ring (bicyclic) bond motifs is 3. The minimum Gasteiger partial charge on any atom is -0.311 e. The van der Waals surface area contributed by atoms with Gasteiger partial charge in [0.2, 0.25) is 0 Å². The first-order valence-corrected chi connectivity index (χ1v) is 19.4. The van der Waals surface area contributed by atoms with Gasteiger partial charge in [0.05, 0.1) is 0 Å². The third kappa shape index (κ3) is 6.30. The molecule has 10 rings (SSSR count). The molecule has 1 aliphatic rings. The fourth-order valence-electron chi connectivity index (χ4n) is 8.36. The van der Waals surface area contributed by atoms with E-state index in [1.165, 1.54) is 72.3 Å². The van der Waals surface area contributed by atoms with Gasteiger partial charge in [0.1, 0.15) is 0 Å². The van der Waals surface area contributed by atoms with Crippen molar-refractivity contribution >= 4 is 17.1 Å². The molecule has 0 saturated heterocycles. The predicted molar refractivity (Wildman–Crippen MR) is 236 cm³/mol. The molecule has 1 atom stereocenters. The van der Waals surface area contributed by atoms with Crippen LogP contribution in [0.25, 0.3) is 55.6 Å². The first kappa shape index (κ1) is 33.4. The summed E-state index contributed by atoms with van der Waals surface area (Å²) in [6.07, 6.45) is 0. The molecule has 1 aliphatic carbocycles. The van der Waals surface area contributed by atoms with Gasteiger partial charge in [-0.25, -0.2) is 0 Å². The SMILES string of the molecule is c1ccc(-c2ccc(-c3ccc(N(c4ccc(-c5ccccc5)cc4)c4ccc(-c5ccc6c(c5)-c5ccccc5C6c5ccccc5)cc4)cc3)cc2)cc1. The number of hydrogen-bond donors (Lipinski definition) is 0. The lowest BCUT2D eigenvalue weighted by molar-refractivity contribution is 1.02. The molecule has 9 aromatic carbocycles. The fourth-order valence-corrected chi connectivity index (χ4v) is 8.36. The molecule has 1 unspecified atom stereocenters. The highest BCUT2D eigenvalue weighted by Gasteiger charge is 2.29. The van der Waals surface area contributed by atoms with Crippen molar-refractivity contribution in [1.82, 2.24) is 0 Å². The van der Waals surface area contributed by atoms with Gasteiger partial charge in [-0.1, -0.05) is 188 Å². The van der Waals surface area contributed by atoms with Gasteiger partial charge >= 0.3 is 0 Å². The van der Waals surface area contributed by atoms with Crippen LogP contribution in [0.3, 0.4) is 0 Å². The lowest BCUT2D eigenvalue weighted by Gasteiger charge is -2.26. The Bertz CT molecular complexity index is 2730. The number of anilines is 3. The van der Waals surface area contributed by atoms with Crippen molar-refractivity contribution in [2.24, 2.45) is 0 Å². The van der Waals surface area contributed by atoms with Crippen molar-refractivity contribution in [3.63, 3.8) is 0 Å². The average Bonchev–Trinajstić information content (AvgIpc) is 3.62. The van der Waals surface area contributed by atoms with E-state index in [1.54, 1.807) is 0 Å². The number of benzene rings is 9. The number of rotatable bonds is 8. The molecule has 56 heavy (non-hydrogen) atoms. The Balaban J connectivity index is 0.986. The molecule has 0 radical (unpaired) electrons. The summed E-state index contributed by atoms with van der Waals surface area (Å²) in [7, 11) is 0. The van der Waals surface area contributed by atoms with Crippen LogP contribution >= 0.6 is 0 Å². The topological polar surface area (TPSA) is 3.24 Å². The molecule has 0 N–H and O–H groups in total. The maximum absolute atomic E-state index is 2.39. The van der Waals surface area contributed by atoms with Gasteiger partial charge in [-0.05, 0) is 115 Å². The van der Waals surface area contributed by atoms with E-state index in [4.69, 9.17) is 0 Å². The largest absolute Gasteiger partial charge is 0.311 e. The molecule has 0 amide bonds. The first-order chi connectivity index (χ1) is 27.8. The van der Waals surface area contributed by atoms with Gasteiger partial charge in [0, 0.05) is 23.0 Å². The Morgan fingerprint density at radius 3 is 1.07 bits per heavy atom. The van der Waals surface area contributed by atoms with Crippen LogP contribution in [0.15, 0.2) is 231 Å². The molecule has 1 nitrogen and oxygen atoms in total. The van der Waals surface area contributed by atoms with E-state index in [9.17, 15) is 0 Å². The molecule has 0 heterocycles. The maximum atomic E-state index is 2.39. The van der Waals surface area contributed by atoms with Crippen LogP contribution in [0, 0.1) is 0 Å². The highest BCUT2D eigenvalue weighted by atomic mass is 15.1. The molecule has 1 heteroatoms. The quantitative estimate of drug-likeness (QED) is 0.152. The summed E-state index contributed by atoms with van der Waals surface area (Å²) in [5, 5.41) is 0. The van der Waals surface area contributed by atoms with Crippen molar-refractivity contribution in [3.05, 3.63) is 247 Å². The predicted octanol–water partition coefficient (Wildman–Crippen LogP) is 15.0. The van der Waals surface area contributed by atoms with E-state index in [0.717, 1.165) is 17.1 Å². The van der Waals surface area contributed by atoms with E-state index in [0.29, 0.717) is 0 Å². The van der Waals surface area contributed by atoms with Crippen LogP contribution in [-0.4, -0.2) is 0 Å². The second-order valence-electron chi connectivity index (χ2n) is 14.5. The van der Waals surface area contributed by atoms with Crippen LogP contribution in [-0.2, 0) is 0 Å². The molecular weight excluding hydrogens is 675 g/mol. The molecule has 0 saturated carbocycles. The molecule has 0 aromatic heterocycles. The minimum atomic E-state index is 0.251. The summed E-state index contributed by atoms with van der Waals surface area (Å²) in [6, 6.07) is 83.7. The third-order valence-electron chi connectivity index (χ3n) is 11.2. The smallest absolute Gasteiger partial charge is 0.0462 e. The summed E-state index contributed by atoms with van der Waals surface area (Å²) < 4.78 is 0. The van der Waals surface area contributed by atoms with Gasteiger partial charge in [0.15, 0.2) is 0 Å². The van der Waals surface area contributed by atoms with Crippen molar-refractivity contribution in [1.29, 1.82) is 0 Å². The standard InChI is InChI=1S/C55H39N/c1-4-12-39(13-5-1)41-20-22-42(23-21-41)44-26-33-49(34-27-44)56(48-31-24-43(25-32-48)40-14-6-2-7-15-40)50-35-28-45(29-36-50)47-30-37-53-54(38-47)51-18-10-11-19-52(51)55(53)46-16-8-3-9-17-46/h1-38,55H. The van der Waals surface area contributed by atoms with Gasteiger partial charge in [0.25, 0.3) is 0 Å². The van der Waals surface area contributed by atoms with Crippen LogP contribution in [0.4, 0.5) is 17.1 Å². The molecule has 0 spiro atoms. The second kappa shape index (κ2) is 14.5. The van der Waals surface area contributed by atoms with Gasteiger partial charge in [-0.3, -0.25) is 0 Å². The Hall–Kier alpha value is -7.22. The monoisotopic (exact) mass is 713 g/mol. The summed E-state index contributed by atoms with van der Waals surface area (Å²) in [5.74, 6) is 0.251. The van der Waals surface area contributed by atoms with Crippen molar-refractivity contribution in [2.45, 2.75) is 5.92 Å². The van der Waals surface area contributed by atoms with Gasteiger partial charge < -0.3 is 4.90 Å². The normalized spacial score (nSPS) is 12.8. The Kier molecular flexibility index (Phi) is 8.67. The Morgan fingerprint density at radius 1 is 0.250 bits per heavy atom. The van der Waals surface area contributed by atoms with E-state index in [2.05, 4.69) is 235 Å². The number of nitrogens with zero attached hydrogens (tertiary/aromatic N) is 1. The lowest BCUT2D eigenvalue weighted by Crippen LogP contribution is -2.09. The van der Waals surface area contributed by atoms with Crippen LogP contribution in [0.5, 0.6) is 0 Å². The van der Waals surface area contributed by atoms with E-state index in [1.807, 2.05) is 0 Å². The Morgan fingerprint density at radius 2 is 0.589 bits per heavy atom. The molecule has 0 bridgehead atoms. The number of hydrogen-bond acceptors (Lipinski definition) is 1. The lowest BCUT2D eigenvalue weighted by atomic mass is 9.89. The minimum absolute atomic E-state index is 0.251. The summed E-state index contributed by atoms with van der Waals surface area (Å²) in [6.45, 7) is 0.